The van der Waals surface area contributed by atoms with Gasteiger partial charge in [0.15, 0.2) is 12.0 Å². The lowest BCUT2D eigenvalue weighted by Crippen LogP contribution is -2.09. The molecular formula is C19H13ClO6. The second kappa shape index (κ2) is 7.41. The lowest BCUT2D eigenvalue weighted by Gasteiger charge is -2.06. The highest BCUT2D eigenvalue weighted by Gasteiger charge is 2.23. The van der Waals surface area contributed by atoms with Gasteiger partial charge in [-0.3, -0.25) is 4.79 Å². The molecule has 6 nitrogen and oxygen atoms in total. The van der Waals surface area contributed by atoms with Crippen molar-refractivity contribution in [1.29, 1.82) is 0 Å². The Morgan fingerprint density at radius 1 is 1.15 bits per heavy atom. The van der Waals surface area contributed by atoms with Crippen LogP contribution in [0.4, 0.5) is 0 Å². The zero-order chi connectivity index (χ0) is 18.7. The molecule has 0 N–H and O–H groups in total. The van der Waals surface area contributed by atoms with E-state index in [2.05, 4.69) is 0 Å². The lowest BCUT2D eigenvalue weighted by molar-refractivity contribution is 0.0524. The first-order valence-electron chi connectivity index (χ1n) is 7.70. The summed E-state index contributed by atoms with van der Waals surface area (Å²) in [5.74, 6) is -1.31. The minimum atomic E-state index is -0.692. The summed E-state index contributed by atoms with van der Waals surface area (Å²) in [6, 6.07) is 10.9. The third-order valence-electron chi connectivity index (χ3n) is 3.58. The molecule has 3 aromatic rings. The van der Waals surface area contributed by atoms with Crippen LogP contribution in [0, 0.1) is 0 Å². The van der Waals surface area contributed by atoms with Crippen molar-refractivity contribution in [2.24, 2.45) is 0 Å². The summed E-state index contributed by atoms with van der Waals surface area (Å²) >= 11 is 5.99. The average molecular weight is 373 g/mol. The second-order valence-corrected chi connectivity index (χ2v) is 5.61. The molecule has 0 aliphatic heterocycles. The highest BCUT2D eigenvalue weighted by Crippen LogP contribution is 2.30. The topological polar surface area (TPSA) is 82.8 Å². The molecule has 0 radical (unpaired) electrons. The first-order valence-corrected chi connectivity index (χ1v) is 8.08. The van der Waals surface area contributed by atoms with Gasteiger partial charge in [-0.15, -0.1) is 0 Å². The molecule has 0 amide bonds. The molecule has 0 fully saturated rings. The Bertz CT molecular complexity index is 1000. The van der Waals surface area contributed by atoms with E-state index in [9.17, 15) is 14.4 Å². The van der Waals surface area contributed by atoms with Crippen molar-refractivity contribution in [3.8, 4) is 5.75 Å². The molecule has 3 rings (SSSR count). The Hall–Kier alpha value is -3.12. The van der Waals surface area contributed by atoms with Gasteiger partial charge in [-0.05, 0) is 37.3 Å². The summed E-state index contributed by atoms with van der Waals surface area (Å²) in [5.41, 5.74) is 0.501. The van der Waals surface area contributed by atoms with Gasteiger partial charge in [-0.25, -0.2) is 9.59 Å². The van der Waals surface area contributed by atoms with Crippen molar-refractivity contribution in [3.05, 3.63) is 64.4 Å². The summed E-state index contributed by atoms with van der Waals surface area (Å²) in [7, 11) is 0. The number of halogens is 1. The Balaban J connectivity index is 1.99. The number of hydrogen-bond acceptors (Lipinski definition) is 6. The summed E-state index contributed by atoms with van der Waals surface area (Å²) in [5, 5.41) is 0.576. The molecule has 2 aromatic carbocycles. The monoisotopic (exact) mass is 372 g/mol. The van der Waals surface area contributed by atoms with E-state index in [1.165, 1.54) is 24.3 Å². The first kappa shape index (κ1) is 17.7. The SMILES string of the molecule is CCOC(=O)c1c(C=O)oc2ccc(OC(=O)c3ccccc3Cl)cc12. The molecular weight excluding hydrogens is 360 g/mol. The van der Waals surface area contributed by atoms with Crippen LogP contribution in [0.25, 0.3) is 11.0 Å². The molecule has 1 aromatic heterocycles. The van der Waals surface area contributed by atoms with Crippen molar-refractivity contribution in [3.63, 3.8) is 0 Å². The van der Waals surface area contributed by atoms with Crippen LogP contribution in [-0.4, -0.2) is 24.8 Å². The Morgan fingerprint density at radius 3 is 2.62 bits per heavy atom. The van der Waals surface area contributed by atoms with Gasteiger partial charge in [-0.2, -0.15) is 0 Å². The number of esters is 2. The molecule has 0 atom stereocenters. The predicted molar refractivity (Wildman–Crippen MR) is 94.0 cm³/mol. The molecule has 0 spiro atoms. The van der Waals surface area contributed by atoms with Crippen LogP contribution >= 0.6 is 11.6 Å². The van der Waals surface area contributed by atoms with E-state index in [1.807, 2.05) is 0 Å². The molecule has 7 heteroatoms. The van der Waals surface area contributed by atoms with E-state index in [0.717, 1.165) is 0 Å². The van der Waals surface area contributed by atoms with Crippen molar-refractivity contribution in [2.45, 2.75) is 6.92 Å². The van der Waals surface area contributed by atoms with Gasteiger partial charge in [0.1, 0.15) is 16.9 Å². The van der Waals surface area contributed by atoms with Crippen LogP contribution in [0.1, 0.15) is 38.2 Å². The average Bonchev–Trinajstić information content (AvgIpc) is 3.00. The number of ether oxygens (including phenoxy) is 2. The first-order chi connectivity index (χ1) is 12.5. The number of furan rings is 1. The molecule has 0 saturated heterocycles. The third kappa shape index (κ3) is 3.32. The van der Waals surface area contributed by atoms with E-state index in [1.54, 1.807) is 25.1 Å². The maximum Gasteiger partial charge on any atom is 0.345 e. The van der Waals surface area contributed by atoms with Crippen LogP contribution < -0.4 is 4.74 Å². The molecule has 132 valence electrons. The van der Waals surface area contributed by atoms with Gasteiger partial charge in [-0.1, -0.05) is 23.7 Å². The van der Waals surface area contributed by atoms with Crippen molar-refractivity contribution < 1.29 is 28.3 Å². The number of benzene rings is 2. The summed E-state index contributed by atoms with van der Waals surface area (Å²) in [6.07, 6.45) is 0.432. The van der Waals surface area contributed by atoms with E-state index in [-0.39, 0.29) is 34.3 Å². The van der Waals surface area contributed by atoms with Crippen LogP contribution in [0.15, 0.2) is 46.9 Å². The molecule has 1 heterocycles. The van der Waals surface area contributed by atoms with Gasteiger partial charge in [0, 0.05) is 5.39 Å². The van der Waals surface area contributed by atoms with Gasteiger partial charge >= 0.3 is 11.9 Å². The fraction of sp³-hybridized carbons (Fsp3) is 0.105. The number of carbonyl (C=O) groups is 3. The molecule has 0 bridgehead atoms. The fourth-order valence-corrected chi connectivity index (χ4v) is 2.66. The maximum atomic E-state index is 12.3. The zero-order valence-electron chi connectivity index (χ0n) is 13.7. The highest BCUT2D eigenvalue weighted by atomic mass is 35.5. The smallest absolute Gasteiger partial charge is 0.345 e. The number of aldehydes is 1. The van der Waals surface area contributed by atoms with Crippen LogP contribution in [0.5, 0.6) is 5.75 Å². The fourth-order valence-electron chi connectivity index (χ4n) is 2.44. The maximum absolute atomic E-state index is 12.3. The van der Waals surface area contributed by atoms with E-state index in [4.69, 9.17) is 25.5 Å². The van der Waals surface area contributed by atoms with Gasteiger partial charge in [0.2, 0.25) is 0 Å². The summed E-state index contributed by atoms with van der Waals surface area (Å²) in [6.45, 7) is 1.79. The van der Waals surface area contributed by atoms with E-state index >= 15 is 0 Å². The molecule has 0 aliphatic rings. The van der Waals surface area contributed by atoms with E-state index in [0.29, 0.717) is 17.3 Å². The number of hydrogen-bond donors (Lipinski definition) is 0. The molecule has 0 saturated carbocycles. The quantitative estimate of drug-likeness (QED) is 0.377. The number of carbonyl (C=O) groups excluding carboxylic acids is 3. The van der Waals surface area contributed by atoms with Gasteiger partial charge in [0.25, 0.3) is 0 Å². The standard InChI is InChI=1S/C19H13ClO6/c1-2-24-19(23)17-13-9-11(7-8-15(13)26-16(17)10-21)25-18(22)12-5-3-4-6-14(12)20/h3-10H,2H2,1H3. The lowest BCUT2D eigenvalue weighted by atomic mass is 10.1. The number of rotatable bonds is 5. The van der Waals surface area contributed by atoms with Gasteiger partial charge in [0.05, 0.1) is 17.2 Å². The van der Waals surface area contributed by atoms with Crippen molar-refractivity contribution >= 4 is 40.8 Å². The van der Waals surface area contributed by atoms with Crippen LogP contribution in [0.2, 0.25) is 5.02 Å². The van der Waals surface area contributed by atoms with E-state index < -0.39 is 11.9 Å². The normalized spacial score (nSPS) is 10.5. The summed E-state index contributed by atoms with van der Waals surface area (Å²) < 4.78 is 15.6. The molecule has 0 aliphatic carbocycles. The zero-order valence-corrected chi connectivity index (χ0v) is 14.4. The van der Waals surface area contributed by atoms with Crippen molar-refractivity contribution in [2.75, 3.05) is 6.61 Å². The minimum Gasteiger partial charge on any atom is -0.462 e. The van der Waals surface area contributed by atoms with Crippen molar-refractivity contribution in [1.82, 2.24) is 0 Å². The number of fused-ring (bicyclic) bond motifs is 1. The second-order valence-electron chi connectivity index (χ2n) is 5.21. The Kier molecular flexibility index (Phi) is 5.04. The molecule has 0 unspecified atom stereocenters. The predicted octanol–water partition coefficient (Wildman–Crippen LogP) is 4.29. The van der Waals surface area contributed by atoms with Crippen LogP contribution in [-0.2, 0) is 4.74 Å². The van der Waals surface area contributed by atoms with Crippen LogP contribution in [0.3, 0.4) is 0 Å². The summed E-state index contributed by atoms with van der Waals surface area (Å²) in [4.78, 5) is 35.6. The minimum absolute atomic E-state index is 0.00695. The van der Waals surface area contributed by atoms with Gasteiger partial charge < -0.3 is 13.9 Å². The Labute approximate surface area is 153 Å². The molecule has 26 heavy (non-hydrogen) atoms. The Morgan fingerprint density at radius 2 is 1.92 bits per heavy atom. The largest absolute Gasteiger partial charge is 0.462 e. The third-order valence-corrected chi connectivity index (χ3v) is 3.91. The highest BCUT2D eigenvalue weighted by molar-refractivity contribution is 6.33.